The number of primary amides is 1. The molecule has 0 saturated heterocycles. The molecule has 2 unspecified atom stereocenters. The lowest BCUT2D eigenvalue weighted by molar-refractivity contribution is -0.120. The number of rotatable bonds is 5. The number of nitrogens with one attached hydrogen (secondary N) is 1. The van der Waals surface area contributed by atoms with Crippen molar-refractivity contribution in [1.82, 2.24) is 9.97 Å². The highest BCUT2D eigenvalue weighted by Crippen LogP contribution is 2.74. The van der Waals surface area contributed by atoms with Crippen LogP contribution in [0.2, 0.25) is 15.1 Å². The Bertz CT molecular complexity index is 1220. The summed E-state index contributed by atoms with van der Waals surface area (Å²) in [6, 6.07) is 10.9. The molecule has 1 aliphatic rings. The van der Waals surface area contributed by atoms with Gasteiger partial charge in [-0.15, -0.1) is 0 Å². The van der Waals surface area contributed by atoms with Gasteiger partial charge in [-0.25, -0.2) is 9.97 Å². The van der Waals surface area contributed by atoms with E-state index in [-0.39, 0.29) is 16.5 Å². The van der Waals surface area contributed by atoms with Gasteiger partial charge in [0.25, 0.3) is 5.91 Å². The zero-order chi connectivity index (χ0) is 23.3. The van der Waals surface area contributed by atoms with Crippen molar-refractivity contribution in [2.45, 2.75) is 15.7 Å². The minimum absolute atomic E-state index is 0.0551. The fourth-order valence-electron chi connectivity index (χ4n) is 3.87. The lowest BCUT2D eigenvalue weighted by Crippen LogP contribution is -2.34. The molecule has 4 rings (SSSR count). The molecule has 1 saturated carbocycles. The number of carbonyl (C=O) groups is 2. The van der Waals surface area contributed by atoms with Crippen molar-refractivity contribution < 1.29 is 9.59 Å². The van der Waals surface area contributed by atoms with Gasteiger partial charge in [-0.3, -0.25) is 9.59 Å². The van der Waals surface area contributed by atoms with Crippen LogP contribution in [-0.4, -0.2) is 26.1 Å². The fraction of sp³-hybridized carbons (Fsp3) is 0.143. The number of hydrogen-bond acceptors (Lipinski definition) is 4. The molecule has 2 amide bonds. The van der Waals surface area contributed by atoms with Gasteiger partial charge in [-0.1, -0.05) is 64.1 Å². The third-order valence-electron chi connectivity index (χ3n) is 5.28. The number of anilines is 1. The van der Waals surface area contributed by atoms with Gasteiger partial charge in [0.05, 0.1) is 10.7 Å². The topological polar surface area (TPSA) is 98.0 Å². The molecular formula is C21H13Cl5N4O2. The lowest BCUT2D eigenvalue weighted by atomic mass is 9.89. The van der Waals surface area contributed by atoms with E-state index in [0.717, 1.165) is 0 Å². The molecule has 164 valence electrons. The summed E-state index contributed by atoms with van der Waals surface area (Å²) in [6.45, 7) is 0. The standard InChI is InChI=1S/C21H13Cl5N4O2/c22-12-6-10(7-13(23)9-12)16-20(19(27)32,21(16,25)26)11-2-3-14(24)15(8-11)30-18(31)17-28-4-1-5-29-17/h1-9,16H,(H2,27,32)(H,30,31). The molecular weight excluding hydrogens is 518 g/mol. The van der Waals surface area contributed by atoms with Gasteiger partial charge < -0.3 is 11.1 Å². The largest absolute Gasteiger partial charge is 0.369 e. The Hall–Kier alpha value is -2.09. The van der Waals surface area contributed by atoms with Crippen molar-refractivity contribution in [3.63, 3.8) is 0 Å². The van der Waals surface area contributed by atoms with Crippen LogP contribution in [0.15, 0.2) is 54.9 Å². The maximum absolute atomic E-state index is 12.7. The van der Waals surface area contributed by atoms with Gasteiger partial charge in [-0.05, 0) is 47.5 Å². The summed E-state index contributed by atoms with van der Waals surface area (Å²) in [5.41, 5.74) is 5.41. The maximum Gasteiger partial charge on any atom is 0.293 e. The van der Waals surface area contributed by atoms with Crippen molar-refractivity contribution in [3.05, 3.63) is 86.9 Å². The predicted molar refractivity (Wildman–Crippen MR) is 126 cm³/mol. The smallest absolute Gasteiger partial charge is 0.293 e. The molecule has 0 radical (unpaired) electrons. The number of amides is 2. The Morgan fingerprint density at radius 2 is 1.59 bits per heavy atom. The number of aromatic nitrogens is 2. The molecule has 32 heavy (non-hydrogen) atoms. The van der Waals surface area contributed by atoms with E-state index in [2.05, 4.69) is 15.3 Å². The van der Waals surface area contributed by atoms with E-state index >= 15 is 0 Å². The van der Waals surface area contributed by atoms with Crippen molar-refractivity contribution in [2.75, 3.05) is 5.32 Å². The summed E-state index contributed by atoms with van der Waals surface area (Å²) in [7, 11) is 0. The van der Waals surface area contributed by atoms with Gasteiger partial charge in [0.1, 0.15) is 9.75 Å². The van der Waals surface area contributed by atoms with Crippen LogP contribution in [0.1, 0.15) is 27.7 Å². The first-order chi connectivity index (χ1) is 15.1. The monoisotopic (exact) mass is 528 g/mol. The van der Waals surface area contributed by atoms with E-state index in [9.17, 15) is 9.59 Å². The summed E-state index contributed by atoms with van der Waals surface area (Å²) in [5.74, 6) is -2.14. The molecule has 2 aromatic carbocycles. The second kappa shape index (κ2) is 8.36. The SMILES string of the molecule is NC(=O)C1(c2ccc(Cl)c(NC(=O)c3ncccn3)c2)C(c2cc(Cl)cc(Cl)c2)C1(Cl)Cl. The van der Waals surface area contributed by atoms with Crippen LogP contribution < -0.4 is 11.1 Å². The summed E-state index contributed by atoms with van der Waals surface area (Å²) < 4.78 is -1.59. The molecule has 3 aromatic rings. The highest BCUT2D eigenvalue weighted by atomic mass is 35.5. The van der Waals surface area contributed by atoms with Gasteiger partial charge in [-0.2, -0.15) is 0 Å². The second-order valence-corrected chi connectivity index (χ2v) is 9.82. The molecule has 2 atom stereocenters. The number of alkyl halides is 2. The van der Waals surface area contributed by atoms with Crippen LogP contribution >= 0.6 is 58.0 Å². The van der Waals surface area contributed by atoms with E-state index in [1.165, 1.54) is 24.5 Å². The number of nitrogens with zero attached hydrogens (tertiary/aromatic N) is 2. The number of carbonyl (C=O) groups excluding carboxylic acids is 2. The average Bonchev–Trinajstić information content (AvgIpc) is 3.27. The van der Waals surface area contributed by atoms with Gasteiger partial charge >= 0.3 is 0 Å². The Morgan fingerprint density at radius 1 is 0.969 bits per heavy atom. The Balaban J connectivity index is 1.77. The maximum atomic E-state index is 12.7. The van der Waals surface area contributed by atoms with Gasteiger partial charge in [0, 0.05) is 28.4 Å². The highest BCUT2D eigenvalue weighted by molar-refractivity contribution is 6.55. The third-order valence-corrected chi connectivity index (χ3v) is 7.08. The highest BCUT2D eigenvalue weighted by Gasteiger charge is 2.80. The molecule has 3 N–H and O–H groups in total. The third kappa shape index (κ3) is 3.70. The van der Waals surface area contributed by atoms with Crippen molar-refractivity contribution in [3.8, 4) is 0 Å². The van der Waals surface area contributed by atoms with Crippen LogP contribution in [0.5, 0.6) is 0 Å². The summed E-state index contributed by atoms with van der Waals surface area (Å²) >= 11 is 31.8. The number of benzene rings is 2. The molecule has 11 heteroatoms. The minimum atomic E-state index is -1.59. The molecule has 1 heterocycles. The normalized spacial score (nSPS) is 21.1. The zero-order valence-electron chi connectivity index (χ0n) is 16.0. The van der Waals surface area contributed by atoms with Crippen LogP contribution in [-0.2, 0) is 10.2 Å². The molecule has 0 bridgehead atoms. The fourth-order valence-corrected chi connectivity index (χ4v) is 5.67. The Kier molecular flexibility index (Phi) is 6.03. The lowest BCUT2D eigenvalue weighted by Gasteiger charge is -2.17. The van der Waals surface area contributed by atoms with Crippen LogP contribution in [0, 0.1) is 0 Å². The molecule has 1 aromatic heterocycles. The molecule has 6 nitrogen and oxygen atoms in total. The van der Waals surface area contributed by atoms with Gasteiger partial charge in [0.2, 0.25) is 11.7 Å². The number of hydrogen-bond donors (Lipinski definition) is 2. The number of halogens is 5. The van der Waals surface area contributed by atoms with Gasteiger partial charge in [0.15, 0.2) is 0 Å². The molecule has 0 aliphatic heterocycles. The summed E-state index contributed by atoms with van der Waals surface area (Å²) in [4.78, 5) is 33.0. The summed E-state index contributed by atoms with van der Waals surface area (Å²) in [5, 5.41) is 3.56. The van der Waals surface area contributed by atoms with Crippen molar-refractivity contribution >= 4 is 75.5 Å². The summed E-state index contributed by atoms with van der Waals surface area (Å²) in [6.07, 6.45) is 2.87. The van der Waals surface area contributed by atoms with Crippen molar-refractivity contribution in [1.29, 1.82) is 0 Å². The van der Waals surface area contributed by atoms with Crippen LogP contribution in [0.3, 0.4) is 0 Å². The number of nitrogens with two attached hydrogens (primary N) is 1. The molecule has 1 fully saturated rings. The predicted octanol–water partition coefficient (Wildman–Crippen LogP) is 5.38. The molecule has 1 aliphatic carbocycles. The average molecular weight is 531 g/mol. The molecule has 0 spiro atoms. The van der Waals surface area contributed by atoms with E-state index < -0.39 is 27.5 Å². The first kappa shape index (κ1) is 23.1. The van der Waals surface area contributed by atoms with E-state index in [1.807, 2.05) is 0 Å². The Labute approximate surface area is 208 Å². The van der Waals surface area contributed by atoms with E-state index in [4.69, 9.17) is 63.7 Å². The van der Waals surface area contributed by atoms with Crippen LogP contribution in [0.25, 0.3) is 0 Å². The van der Waals surface area contributed by atoms with Crippen LogP contribution in [0.4, 0.5) is 5.69 Å². The second-order valence-electron chi connectivity index (χ2n) is 7.15. The first-order valence-corrected chi connectivity index (χ1v) is 11.0. The first-order valence-electron chi connectivity index (χ1n) is 9.11. The quantitative estimate of drug-likeness (QED) is 0.433. The van der Waals surface area contributed by atoms with E-state index in [0.29, 0.717) is 21.2 Å². The van der Waals surface area contributed by atoms with E-state index in [1.54, 1.807) is 30.3 Å². The van der Waals surface area contributed by atoms with Crippen molar-refractivity contribution in [2.24, 2.45) is 5.73 Å². The zero-order valence-corrected chi connectivity index (χ0v) is 19.7. The Morgan fingerprint density at radius 3 is 2.19 bits per heavy atom. The minimum Gasteiger partial charge on any atom is -0.369 e.